The molecule has 0 heterocycles. The van der Waals surface area contributed by atoms with Crippen molar-refractivity contribution >= 4 is 11.8 Å². The zero-order valence-corrected chi connectivity index (χ0v) is 10.2. The Morgan fingerprint density at radius 1 is 1.57 bits per heavy atom. The summed E-state index contributed by atoms with van der Waals surface area (Å²) in [6, 6.07) is 2.60. The molecule has 2 unspecified atom stereocenters. The van der Waals surface area contributed by atoms with Crippen LogP contribution in [0.4, 0.5) is 0 Å². The number of nitriles is 1. The summed E-state index contributed by atoms with van der Waals surface area (Å²) in [4.78, 5) is 0. The maximum Gasteiger partial charge on any atom is 0.0690 e. The first-order valence-electron chi connectivity index (χ1n) is 5.66. The van der Waals surface area contributed by atoms with Gasteiger partial charge in [0.2, 0.25) is 0 Å². The third-order valence-corrected chi connectivity index (χ3v) is 4.16. The van der Waals surface area contributed by atoms with Crippen molar-refractivity contribution in [1.29, 1.82) is 5.26 Å². The van der Waals surface area contributed by atoms with E-state index in [9.17, 15) is 5.26 Å². The van der Waals surface area contributed by atoms with Crippen LogP contribution in [-0.4, -0.2) is 12.0 Å². The third-order valence-electron chi connectivity index (χ3n) is 3.55. The lowest BCUT2D eigenvalue weighted by molar-refractivity contribution is 0.190. The first kappa shape index (κ1) is 11.9. The first-order valence-corrected chi connectivity index (χ1v) is 7.06. The fraction of sp³-hybridized carbons (Fsp3) is 0.917. The van der Waals surface area contributed by atoms with Gasteiger partial charge in [0.15, 0.2) is 0 Å². The lowest BCUT2D eigenvalue weighted by atomic mass is 9.68. The van der Waals surface area contributed by atoms with Gasteiger partial charge >= 0.3 is 0 Å². The Morgan fingerprint density at radius 2 is 2.36 bits per heavy atom. The molecule has 1 aliphatic rings. The predicted molar refractivity (Wildman–Crippen MR) is 63.3 cm³/mol. The van der Waals surface area contributed by atoms with Crippen molar-refractivity contribution < 1.29 is 0 Å². The number of rotatable bonds is 4. The zero-order chi connectivity index (χ0) is 10.4. The topological polar surface area (TPSA) is 23.8 Å². The highest BCUT2D eigenvalue weighted by Gasteiger charge is 2.35. The third kappa shape index (κ3) is 2.92. The lowest BCUT2D eigenvalue weighted by Gasteiger charge is -2.35. The molecule has 0 aromatic rings. The molecule has 0 bridgehead atoms. The summed E-state index contributed by atoms with van der Waals surface area (Å²) < 4.78 is 0. The van der Waals surface area contributed by atoms with Gasteiger partial charge in [-0.1, -0.05) is 26.2 Å². The fourth-order valence-electron chi connectivity index (χ4n) is 2.52. The van der Waals surface area contributed by atoms with Crippen LogP contribution >= 0.6 is 11.8 Å². The van der Waals surface area contributed by atoms with E-state index in [2.05, 4.69) is 19.2 Å². The van der Waals surface area contributed by atoms with Crippen molar-refractivity contribution in [3.8, 4) is 6.07 Å². The highest BCUT2D eigenvalue weighted by atomic mass is 32.2. The van der Waals surface area contributed by atoms with Gasteiger partial charge in [-0.15, -0.1) is 0 Å². The molecule has 0 amide bonds. The molecular weight excluding hydrogens is 190 g/mol. The number of thioether (sulfide) groups is 1. The molecule has 14 heavy (non-hydrogen) atoms. The average molecular weight is 211 g/mol. The van der Waals surface area contributed by atoms with Crippen LogP contribution in [0.1, 0.15) is 45.4 Å². The zero-order valence-electron chi connectivity index (χ0n) is 9.38. The van der Waals surface area contributed by atoms with Crippen LogP contribution in [-0.2, 0) is 0 Å². The van der Waals surface area contributed by atoms with Crippen LogP contribution in [0, 0.1) is 22.7 Å². The van der Waals surface area contributed by atoms with Crippen LogP contribution < -0.4 is 0 Å². The van der Waals surface area contributed by atoms with Gasteiger partial charge < -0.3 is 0 Å². The molecule has 0 spiro atoms. The number of hydrogen-bond donors (Lipinski definition) is 0. The van der Waals surface area contributed by atoms with Gasteiger partial charge in [-0.3, -0.25) is 0 Å². The second-order valence-corrected chi connectivity index (χ2v) is 5.49. The summed E-state index contributed by atoms with van der Waals surface area (Å²) in [7, 11) is 0. The summed E-state index contributed by atoms with van der Waals surface area (Å²) in [5.74, 6) is 1.95. The molecule has 1 fully saturated rings. The van der Waals surface area contributed by atoms with Crippen LogP contribution in [0.2, 0.25) is 0 Å². The number of hydrogen-bond acceptors (Lipinski definition) is 2. The molecule has 1 rings (SSSR count). The van der Waals surface area contributed by atoms with Crippen molar-refractivity contribution in [2.75, 3.05) is 12.0 Å². The van der Waals surface area contributed by atoms with E-state index in [-0.39, 0.29) is 5.41 Å². The molecule has 0 radical (unpaired) electrons. The predicted octanol–water partition coefficient (Wildman–Crippen LogP) is 3.85. The summed E-state index contributed by atoms with van der Waals surface area (Å²) in [5, 5.41) is 9.32. The van der Waals surface area contributed by atoms with E-state index in [0.717, 1.165) is 30.9 Å². The molecule has 1 aliphatic carbocycles. The largest absolute Gasteiger partial charge is 0.198 e. The van der Waals surface area contributed by atoms with Gasteiger partial charge in [0.1, 0.15) is 0 Å². The van der Waals surface area contributed by atoms with Crippen molar-refractivity contribution in [2.45, 2.75) is 45.4 Å². The Kier molecular flexibility index (Phi) is 4.81. The van der Waals surface area contributed by atoms with Crippen molar-refractivity contribution in [3.05, 3.63) is 0 Å². The highest BCUT2D eigenvalue weighted by Crippen LogP contribution is 2.43. The van der Waals surface area contributed by atoms with Crippen molar-refractivity contribution in [2.24, 2.45) is 11.3 Å². The van der Waals surface area contributed by atoms with Gasteiger partial charge in [0.25, 0.3) is 0 Å². The number of nitrogens with zero attached hydrogens (tertiary/aromatic N) is 1. The van der Waals surface area contributed by atoms with E-state index in [1.165, 1.54) is 19.3 Å². The standard InChI is InChI=1S/C12H21NS/c1-3-11-5-4-6-12(9-11,10-13)7-8-14-2/h11H,3-9H2,1-2H3. The Morgan fingerprint density at radius 3 is 2.93 bits per heavy atom. The summed E-state index contributed by atoms with van der Waals surface area (Å²) in [5.41, 5.74) is 0.0297. The van der Waals surface area contributed by atoms with E-state index in [1.807, 2.05) is 11.8 Å². The Hall–Kier alpha value is -0.160. The van der Waals surface area contributed by atoms with E-state index >= 15 is 0 Å². The van der Waals surface area contributed by atoms with Gasteiger partial charge in [-0.25, -0.2) is 0 Å². The molecule has 2 atom stereocenters. The fourth-order valence-corrected chi connectivity index (χ4v) is 3.11. The van der Waals surface area contributed by atoms with Crippen LogP contribution in [0.25, 0.3) is 0 Å². The van der Waals surface area contributed by atoms with E-state index in [4.69, 9.17) is 0 Å². The Labute approximate surface area is 92.3 Å². The minimum absolute atomic E-state index is 0.0297. The molecule has 0 aromatic heterocycles. The molecule has 1 nitrogen and oxygen atoms in total. The summed E-state index contributed by atoms with van der Waals surface area (Å²) in [6.07, 6.45) is 9.38. The Balaban J connectivity index is 2.55. The van der Waals surface area contributed by atoms with Gasteiger partial charge in [0, 0.05) is 0 Å². The van der Waals surface area contributed by atoms with Crippen LogP contribution in [0.15, 0.2) is 0 Å². The van der Waals surface area contributed by atoms with Crippen molar-refractivity contribution in [3.63, 3.8) is 0 Å². The van der Waals surface area contributed by atoms with E-state index in [1.54, 1.807) is 0 Å². The molecule has 0 aliphatic heterocycles. The average Bonchev–Trinajstić information content (AvgIpc) is 2.26. The van der Waals surface area contributed by atoms with E-state index in [0.29, 0.717) is 0 Å². The molecule has 0 saturated heterocycles. The lowest BCUT2D eigenvalue weighted by Crippen LogP contribution is -2.27. The maximum absolute atomic E-state index is 9.32. The molecule has 80 valence electrons. The highest BCUT2D eigenvalue weighted by molar-refractivity contribution is 7.98. The minimum atomic E-state index is 0.0297. The quantitative estimate of drug-likeness (QED) is 0.705. The Bertz CT molecular complexity index is 209. The molecular formula is C12H21NS. The summed E-state index contributed by atoms with van der Waals surface area (Å²) >= 11 is 1.87. The SMILES string of the molecule is CCC1CCCC(C#N)(CCSC)C1. The molecule has 0 aromatic carbocycles. The van der Waals surface area contributed by atoms with E-state index < -0.39 is 0 Å². The van der Waals surface area contributed by atoms with Gasteiger partial charge in [0.05, 0.1) is 11.5 Å². The molecule has 0 N–H and O–H groups in total. The second kappa shape index (κ2) is 5.66. The summed E-state index contributed by atoms with van der Waals surface area (Å²) in [6.45, 7) is 2.26. The smallest absolute Gasteiger partial charge is 0.0690 e. The monoisotopic (exact) mass is 211 g/mol. The first-order chi connectivity index (χ1) is 6.76. The van der Waals surface area contributed by atoms with Gasteiger partial charge in [-0.05, 0) is 37.2 Å². The molecule has 1 saturated carbocycles. The van der Waals surface area contributed by atoms with Crippen molar-refractivity contribution in [1.82, 2.24) is 0 Å². The van der Waals surface area contributed by atoms with Crippen LogP contribution in [0.5, 0.6) is 0 Å². The normalized spacial score (nSPS) is 32.5. The second-order valence-electron chi connectivity index (χ2n) is 4.51. The minimum Gasteiger partial charge on any atom is -0.198 e. The molecule has 2 heteroatoms. The van der Waals surface area contributed by atoms with Crippen LogP contribution in [0.3, 0.4) is 0 Å². The maximum atomic E-state index is 9.32. The van der Waals surface area contributed by atoms with Gasteiger partial charge in [-0.2, -0.15) is 17.0 Å².